The van der Waals surface area contributed by atoms with Crippen molar-refractivity contribution in [1.29, 1.82) is 0 Å². The first-order valence-corrected chi connectivity index (χ1v) is 8.82. The normalized spacial score (nSPS) is 11.4. The molecule has 27 heavy (non-hydrogen) atoms. The van der Waals surface area contributed by atoms with Crippen LogP contribution in [0.3, 0.4) is 0 Å². The Balaban J connectivity index is 1.92. The predicted molar refractivity (Wildman–Crippen MR) is 104 cm³/mol. The molecule has 0 aromatic heterocycles. The van der Waals surface area contributed by atoms with Crippen molar-refractivity contribution in [2.45, 2.75) is 19.4 Å². The van der Waals surface area contributed by atoms with E-state index in [1.807, 2.05) is 54.6 Å². The second kappa shape index (κ2) is 10.2. The molecule has 0 fully saturated rings. The number of rotatable bonds is 9. The Bertz CT molecular complexity index is 732. The Morgan fingerprint density at radius 3 is 2.30 bits per heavy atom. The van der Waals surface area contributed by atoms with Gasteiger partial charge in [-0.2, -0.15) is 0 Å². The topological polar surface area (TPSA) is 67.9 Å². The number of likely N-dealkylation sites (N-methyl/N-ethyl adjacent to an activating group) is 1. The summed E-state index contributed by atoms with van der Waals surface area (Å²) in [6.07, 6.45) is 0.174. The SMILES string of the molecule is COc1ccc(C(CC(=O)N(C)CCOc2ccccc2)NC(C)=O)cc1. The molecule has 0 aliphatic rings. The first-order valence-electron chi connectivity index (χ1n) is 8.82. The second-order valence-electron chi connectivity index (χ2n) is 6.21. The number of carbonyl (C=O) groups excluding carboxylic acids is 2. The highest BCUT2D eigenvalue weighted by Gasteiger charge is 2.19. The fourth-order valence-electron chi connectivity index (χ4n) is 2.61. The molecule has 0 saturated carbocycles. The molecular formula is C21H26N2O4. The summed E-state index contributed by atoms with van der Waals surface area (Å²) in [6, 6.07) is 16.4. The van der Waals surface area contributed by atoms with Crippen molar-refractivity contribution in [2.75, 3.05) is 27.3 Å². The number of ether oxygens (including phenoxy) is 2. The third-order valence-electron chi connectivity index (χ3n) is 4.14. The zero-order valence-electron chi connectivity index (χ0n) is 16.0. The molecule has 0 spiro atoms. The number of hydrogen-bond acceptors (Lipinski definition) is 4. The van der Waals surface area contributed by atoms with Crippen LogP contribution in [-0.2, 0) is 9.59 Å². The van der Waals surface area contributed by atoms with E-state index in [4.69, 9.17) is 9.47 Å². The largest absolute Gasteiger partial charge is 0.497 e. The summed E-state index contributed by atoms with van der Waals surface area (Å²) in [5.74, 6) is 1.24. The van der Waals surface area contributed by atoms with Gasteiger partial charge in [-0.05, 0) is 29.8 Å². The lowest BCUT2D eigenvalue weighted by Crippen LogP contribution is -2.35. The van der Waals surface area contributed by atoms with Gasteiger partial charge in [-0.15, -0.1) is 0 Å². The van der Waals surface area contributed by atoms with Gasteiger partial charge in [-0.1, -0.05) is 30.3 Å². The zero-order chi connectivity index (χ0) is 19.6. The molecule has 2 rings (SSSR count). The molecule has 0 heterocycles. The summed E-state index contributed by atoms with van der Waals surface area (Å²) in [6.45, 7) is 2.31. The van der Waals surface area contributed by atoms with Gasteiger partial charge in [0.2, 0.25) is 11.8 Å². The van der Waals surface area contributed by atoms with E-state index in [0.717, 1.165) is 17.1 Å². The smallest absolute Gasteiger partial charge is 0.224 e. The molecule has 0 bridgehead atoms. The highest BCUT2D eigenvalue weighted by atomic mass is 16.5. The number of carbonyl (C=O) groups is 2. The Labute approximate surface area is 160 Å². The average Bonchev–Trinajstić information content (AvgIpc) is 2.68. The van der Waals surface area contributed by atoms with Crippen LogP contribution < -0.4 is 14.8 Å². The van der Waals surface area contributed by atoms with Crippen LogP contribution in [0.1, 0.15) is 24.9 Å². The van der Waals surface area contributed by atoms with Gasteiger partial charge in [0.1, 0.15) is 18.1 Å². The monoisotopic (exact) mass is 370 g/mol. The molecule has 6 nitrogen and oxygen atoms in total. The molecule has 1 atom stereocenters. The number of amides is 2. The van der Waals surface area contributed by atoms with Crippen molar-refractivity contribution in [3.05, 3.63) is 60.2 Å². The van der Waals surface area contributed by atoms with Crippen molar-refractivity contribution in [2.24, 2.45) is 0 Å². The van der Waals surface area contributed by atoms with Gasteiger partial charge in [-0.3, -0.25) is 9.59 Å². The first-order chi connectivity index (χ1) is 13.0. The summed E-state index contributed by atoms with van der Waals surface area (Å²) >= 11 is 0. The summed E-state index contributed by atoms with van der Waals surface area (Å²) < 4.78 is 10.8. The minimum absolute atomic E-state index is 0.0683. The minimum atomic E-state index is -0.390. The van der Waals surface area contributed by atoms with Crippen LogP contribution in [0.15, 0.2) is 54.6 Å². The van der Waals surface area contributed by atoms with Crippen molar-refractivity contribution < 1.29 is 19.1 Å². The molecule has 1 unspecified atom stereocenters. The Hall–Kier alpha value is -3.02. The summed E-state index contributed by atoms with van der Waals surface area (Å²) in [7, 11) is 3.33. The Kier molecular flexibility index (Phi) is 7.67. The Morgan fingerprint density at radius 2 is 1.70 bits per heavy atom. The van der Waals surface area contributed by atoms with Crippen LogP contribution in [0.2, 0.25) is 0 Å². The molecule has 2 aromatic rings. The molecule has 144 valence electrons. The third kappa shape index (κ3) is 6.66. The third-order valence-corrected chi connectivity index (χ3v) is 4.14. The molecule has 0 radical (unpaired) electrons. The van der Waals surface area contributed by atoms with Crippen molar-refractivity contribution in [3.63, 3.8) is 0 Å². The fraction of sp³-hybridized carbons (Fsp3) is 0.333. The number of nitrogens with one attached hydrogen (secondary N) is 1. The molecule has 1 N–H and O–H groups in total. The quantitative estimate of drug-likeness (QED) is 0.737. The van der Waals surface area contributed by atoms with Gasteiger partial charge in [0, 0.05) is 14.0 Å². The van der Waals surface area contributed by atoms with Crippen molar-refractivity contribution >= 4 is 11.8 Å². The van der Waals surface area contributed by atoms with E-state index in [1.54, 1.807) is 19.1 Å². The zero-order valence-corrected chi connectivity index (χ0v) is 16.0. The average molecular weight is 370 g/mol. The molecule has 2 aromatic carbocycles. The minimum Gasteiger partial charge on any atom is -0.497 e. The van der Waals surface area contributed by atoms with Gasteiger partial charge in [-0.25, -0.2) is 0 Å². The molecule has 0 aliphatic carbocycles. The lowest BCUT2D eigenvalue weighted by molar-refractivity contribution is -0.131. The first kappa shape index (κ1) is 20.3. The number of nitrogens with zero attached hydrogens (tertiary/aromatic N) is 1. The van der Waals surface area contributed by atoms with Crippen molar-refractivity contribution in [1.82, 2.24) is 10.2 Å². The van der Waals surface area contributed by atoms with Crippen LogP contribution in [0.25, 0.3) is 0 Å². The highest BCUT2D eigenvalue weighted by Crippen LogP contribution is 2.21. The number of methoxy groups -OCH3 is 1. The predicted octanol–water partition coefficient (Wildman–Crippen LogP) is 2.80. The van der Waals surface area contributed by atoms with E-state index >= 15 is 0 Å². The second-order valence-corrected chi connectivity index (χ2v) is 6.21. The molecule has 0 saturated heterocycles. The van der Waals surface area contributed by atoms with Gasteiger partial charge < -0.3 is 19.7 Å². The van der Waals surface area contributed by atoms with Crippen LogP contribution in [0.5, 0.6) is 11.5 Å². The molecular weight excluding hydrogens is 344 g/mol. The van der Waals surface area contributed by atoms with E-state index in [-0.39, 0.29) is 18.2 Å². The van der Waals surface area contributed by atoms with E-state index in [1.165, 1.54) is 6.92 Å². The molecule has 2 amide bonds. The summed E-state index contributed by atoms with van der Waals surface area (Å²) in [5, 5.41) is 2.84. The number of benzene rings is 2. The standard InChI is InChI=1S/C21H26N2O4/c1-16(24)22-20(17-9-11-18(26-3)12-10-17)15-21(25)23(2)13-14-27-19-7-5-4-6-8-19/h4-12,20H,13-15H2,1-3H3,(H,22,24). The number of para-hydroxylation sites is 1. The van der Waals surface area contributed by atoms with E-state index < -0.39 is 6.04 Å². The summed E-state index contributed by atoms with van der Waals surface area (Å²) in [5.41, 5.74) is 0.855. The van der Waals surface area contributed by atoms with Gasteiger partial charge in [0.05, 0.1) is 26.1 Å². The van der Waals surface area contributed by atoms with E-state index in [0.29, 0.717) is 13.2 Å². The fourth-order valence-corrected chi connectivity index (χ4v) is 2.61. The van der Waals surface area contributed by atoms with Crippen LogP contribution in [0, 0.1) is 0 Å². The molecule has 0 aliphatic heterocycles. The lowest BCUT2D eigenvalue weighted by atomic mass is 10.0. The maximum Gasteiger partial charge on any atom is 0.224 e. The summed E-state index contributed by atoms with van der Waals surface area (Å²) in [4.78, 5) is 25.7. The van der Waals surface area contributed by atoms with E-state index in [9.17, 15) is 9.59 Å². The lowest BCUT2D eigenvalue weighted by Gasteiger charge is -2.23. The van der Waals surface area contributed by atoms with Crippen LogP contribution in [-0.4, -0.2) is 44.0 Å². The highest BCUT2D eigenvalue weighted by molar-refractivity contribution is 5.79. The van der Waals surface area contributed by atoms with Gasteiger partial charge >= 0.3 is 0 Å². The van der Waals surface area contributed by atoms with E-state index in [2.05, 4.69) is 5.32 Å². The van der Waals surface area contributed by atoms with Gasteiger partial charge in [0.15, 0.2) is 0 Å². The van der Waals surface area contributed by atoms with Gasteiger partial charge in [0.25, 0.3) is 0 Å². The van der Waals surface area contributed by atoms with Crippen molar-refractivity contribution in [3.8, 4) is 11.5 Å². The Morgan fingerprint density at radius 1 is 1.04 bits per heavy atom. The maximum atomic E-state index is 12.6. The molecule has 6 heteroatoms. The maximum absolute atomic E-state index is 12.6. The van der Waals surface area contributed by atoms with Crippen LogP contribution in [0.4, 0.5) is 0 Å². The number of hydrogen-bond donors (Lipinski definition) is 1. The van der Waals surface area contributed by atoms with Crippen LogP contribution >= 0.6 is 0 Å².